The van der Waals surface area contributed by atoms with Crippen LogP contribution in [0.15, 0.2) is 18.2 Å². The summed E-state index contributed by atoms with van der Waals surface area (Å²) in [7, 11) is 0. The third-order valence-corrected chi connectivity index (χ3v) is 5.85. The lowest BCUT2D eigenvalue weighted by Gasteiger charge is -2.34. The monoisotopic (exact) mass is 426 g/mol. The molecular weight excluding hydrogens is 405 g/mol. The van der Waals surface area contributed by atoms with Crippen LogP contribution in [-0.2, 0) is 11.3 Å². The molecule has 1 aromatic carbocycles. The van der Waals surface area contributed by atoms with Crippen LogP contribution in [0.2, 0.25) is 0 Å². The van der Waals surface area contributed by atoms with Gasteiger partial charge in [-0.15, -0.1) is 33.6 Å². The van der Waals surface area contributed by atoms with Crippen LogP contribution in [0.3, 0.4) is 0 Å². The number of aliphatic hydroxyl groups excluding tert-OH is 1. The predicted molar refractivity (Wildman–Crippen MR) is 97.0 cm³/mol. The van der Waals surface area contributed by atoms with Gasteiger partial charge in [-0.05, 0) is 17.7 Å². The highest BCUT2D eigenvalue weighted by Crippen LogP contribution is 2.48. The molecule has 152 valence electrons. The number of rotatable bonds is 3. The molecule has 3 saturated heterocycles. The fraction of sp³-hybridized carbons (Fsp3) is 0.647. The molecule has 1 aromatic rings. The smallest absolute Gasteiger partial charge is 0.396 e. The van der Waals surface area contributed by atoms with Gasteiger partial charge in [0.15, 0.2) is 11.5 Å². The Balaban J connectivity index is 0.00000105. The van der Waals surface area contributed by atoms with Gasteiger partial charge in [0.05, 0.1) is 11.7 Å². The molecule has 10 heteroatoms. The van der Waals surface area contributed by atoms with E-state index >= 15 is 0 Å². The van der Waals surface area contributed by atoms with Gasteiger partial charge in [-0.25, -0.2) is 0 Å². The van der Waals surface area contributed by atoms with Crippen LogP contribution in [-0.4, -0.2) is 60.8 Å². The number of likely N-dealkylation sites (tertiary alicyclic amines) is 1. The van der Waals surface area contributed by atoms with E-state index in [9.17, 15) is 13.9 Å². The molecule has 6 nitrogen and oxygen atoms in total. The summed E-state index contributed by atoms with van der Waals surface area (Å²) in [6.45, 7) is 3.92. The van der Waals surface area contributed by atoms with E-state index in [0.29, 0.717) is 6.54 Å². The van der Waals surface area contributed by atoms with E-state index in [1.165, 1.54) is 6.07 Å². The number of nitrogens with one attached hydrogen (secondary N) is 1. The minimum atomic E-state index is -3.59. The first-order valence-corrected chi connectivity index (χ1v) is 8.59. The molecule has 4 aliphatic heterocycles. The van der Waals surface area contributed by atoms with Crippen LogP contribution >= 0.6 is 24.8 Å². The van der Waals surface area contributed by atoms with E-state index in [4.69, 9.17) is 4.74 Å². The van der Waals surface area contributed by atoms with Gasteiger partial charge in [0, 0.05) is 51.2 Å². The number of morpholine rings is 1. The van der Waals surface area contributed by atoms with E-state index < -0.39 is 6.29 Å². The number of benzene rings is 1. The minimum absolute atomic E-state index is 0. The third kappa shape index (κ3) is 3.36. The lowest BCUT2D eigenvalue weighted by molar-refractivity contribution is -0.286. The summed E-state index contributed by atoms with van der Waals surface area (Å²) in [5.74, 6) is 0.573. The standard InChI is InChI=1S/C17H20F2N2O4.2ClH/c18-17(19)24-13-2-1-10(3-14(13)25-17)5-21-6-12-11(7-22)15-4-20-8-16(12,9-21)23-15;;/h1-3,11-12,15,20,22H,4-9H2;2*1H/t11-,12+,15+,16+;;/m0../s1. The largest absolute Gasteiger partial charge is 0.586 e. The summed E-state index contributed by atoms with van der Waals surface area (Å²) in [4.78, 5) is 2.26. The van der Waals surface area contributed by atoms with Crippen LogP contribution in [0.25, 0.3) is 0 Å². The summed E-state index contributed by atoms with van der Waals surface area (Å²) in [5, 5.41) is 13.2. The number of aliphatic hydroxyl groups is 1. The van der Waals surface area contributed by atoms with Crippen LogP contribution in [0.1, 0.15) is 5.56 Å². The Labute approximate surface area is 168 Å². The van der Waals surface area contributed by atoms with Crippen molar-refractivity contribution in [2.75, 3.05) is 32.8 Å². The van der Waals surface area contributed by atoms with Gasteiger partial charge >= 0.3 is 6.29 Å². The normalized spacial score (nSPS) is 35.3. The SMILES string of the molecule is Cl.Cl.OC[C@H]1[C@H]2CN(Cc3ccc4c(c3)OC(F)(F)O4)C[C@]23CNC[C@H]1O3. The maximum absolute atomic E-state index is 13.1. The van der Waals surface area contributed by atoms with Crippen LogP contribution in [0, 0.1) is 11.8 Å². The predicted octanol–water partition coefficient (Wildman–Crippen LogP) is 1.63. The van der Waals surface area contributed by atoms with Crippen molar-refractivity contribution in [1.82, 2.24) is 10.2 Å². The number of fused-ring (bicyclic) bond motifs is 2. The molecule has 0 radical (unpaired) electrons. The maximum Gasteiger partial charge on any atom is 0.586 e. The minimum Gasteiger partial charge on any atom is -0.396 e. The average Bonchev–Trinajstić information content (AvgIpc) is 3.10. The molecule has 5 rings (SSSR count). The molecule has 0 saturated carbocycles. The van der Waals surface area contributed by atoms with E-state index in [2.05, 4.69) is 19.7 Å². The number of hydrogen-bond donors (Lipinski definition) is 2. The Morgan fingerprint density at radius 3 is 2.78 bits per heavy atom. The Hall–Kier alpha value is -0.900. The molecule has 0 unspecified atom stereocenters. The molecule has 4 atom stereocenters. The summed E-state index contributed by atoms with van der Waals surface area (Å²) in [5.41, 5.74) is 0.636. The number of hydrogen-bond acceptors (Lipinski definition) is 6. The van der Waals surface area contributed by atoms with Gasteiger partial charge in [0.2, 0.25) is 0 Å². The summed E-state index contributed by atoms with van der Waals surface area (Å²) < 4.78 is 41.5. The summed E-state index contributed by atoms with van der Waals surface area (Å²) in [6.07, 6.45) is -3.51. The van der Waals surface area contributed by atoms with Gasteiger partial charge in [-0.3, -0.25) is 4.90 Å². The Morgan fingerprint density at radius 1 is 1.22 bits per heavy atom. The van der Waals surface area contributed by atoms with Crippen molar-refractivity contribution in [3.05, 3.63) is 23.8 Å². The van der Waals surface area contributed by atoms with E-state index in [-0.39, 0.29) is 66.5 Å². The molecule has 4 heterocycles. The van der Waals surface area contributed by atoms with Crippen molar-refractivity contribution < 1.29 is 28.1 Å². The molecule has 4 aliphatic rings. The highest BCUT2D eigenvalue weighted by atomic mass is 35.5. The van der Waals surface area contributed by atoms with E-state index in [1.807, 2.05) is 0 Å². The Morgan fingerprint density at radius 2 is 2.00 bits per heavy atom. The number of halogens is 4. The van der Waals surface area contributed by atoms with Crippen molar-refractivity contribution in [2.45, 2.75) is 24.5 Å². The van der Waals surface area contributed by atoms with Crippen molar-refractivity contribution in [3.63, 3.8) is 0 Å². The molecule has 2 bridgehead atoms. The lowest BCUT2D eigenvalue weighted by atomic mass is 9.83. The topological polar surface area (TPSA) is 63.2 Å². The average molecular weight is 427 g/mol. The van der Waals surface area contributed by atoms with Gasteiger partial charge in [0.1, 0.15) is 0 Å². The third-order valence-electron chi connectivity index (χ3n) is 5.85. The van der Waals surface area contributed by atoms with Gasteiger partial charge in [0.25, 0.3) is 0 Å². The van der Waals surface area contributed by atoms with Crippen molar-refractivity contribution in [1.29, 1.82) is 0 Å². The summed E-state index contributed by atoms with van der Waals surface area (Å²) in [6, 6.07) is 4.90. The zero-order valence-electron chi connectivity index (χ0n) is 14.4. The molecule has 0 aromatic heterocycles. The maximum atomic E-state index is 13.1. The second-order valence-electron chi connectivity index (χ2n) is 7.42. The number of ether oxygens (including phenoxy) is 3. The van der Waals surface area contributed by atoms with Crippen molar-refractivity contribution in [2.24, 2.45) is 11.8 Å². The van der Waals surface area contributed by atoms with Crippen LogP contribution in [0.4, 0.5) is 8.78 Å². The molecule has 0 amide bonds. The summed E-state index contributed by atoms with van der Waals surface area (Å²) >= 11 is 0. The first kappa shape index (κ1) is 20.8. The molecule has 1 spiro atoms. The van der Waals surface area contributed by atoms with E-state index in [1.54, 1.807) is 12.1 Å². The van der Waals surface area contributed by atoms with Crippen molar-refractivity contribution in [3.8, 4) is 11.5 Å². The molecule has 3 fully saturated rings. The first-order valence-electron chi connectivity index (χ1n) is 8.59. The fourth-order valence-corrected chi connectivity index (χ4v) is 4.87. The second-order valence-corrected chi connectivity index (χ2v) is 7.42. The number of nitrogens with zero attached hydrogens (tertiary/aromatic N) is 1. The van der Waals surface area contributed by atoms with Crippen LogP contribution < -0.4 is 14.8 Å². The highest BCUT2D eigenvalue weighted by molar-refractivity contribution is 5.85. The van der Waals surface area contributed by atoms with E-state index in [0.717, 1.165) is 31.7 Å². The number of alkyl halides is 2. The molecular formula is C17H22Cl2F2N2O4. The fourth-order valence-electron chi connectivity index (χ4n) is 4.87. The van der Waals surface area contributed by atoms with Crippen LogP contribution in [0.5, 0.6) is 11.5 Å². The molecule has 27 heavy (non-hydrogen) atoms. The zero-order valence-corrected chi connectivity index (χ0v) is 16.0. The second kappa shape index (κ2) is 7.17. The van der Waals surface area contributed by atoms with Gasteiger partial charge < -0.3 is 24.6 Å². The highest BCUT2D eigenvalue weighted by Gasteiger charge is 2.60. The van der Waals surface area contributed by atoms with Crippen molar-refractivity contribution >= 4 is 24.8 Å². The molecule has 2 N–H and O–H groups in total. The molecule has 0 aliphatic carbocycles. The Bertz CT molecular complexity index is 714. The van der Waals surface area contributed by atoms with Gasteiger partial charge in [-0.1, -0.05) is 6.07 Å². The quantitative estimate of drug-likeness (QED) is 0.765. The van der Waals surface area contributed by atoms with Gasteiger partial charge in [-0.2, -0.15) is 0 Å². The zero-order chi connectivity index (χ0) is 17.2. The Kier molecular flexibility index (Phi) is 5.53. The lowest BCUT2D eigenvalue weighted by Crippen LogP contribution is -2.52. The first-order chi connectivity index (χ1) is 12.0.